The van der Waals surface area contributed by atoms with Gasteiger partial charge in [0.15, 0.2) is 0 Å². The van der Waals surface area contributed by atoms with Crippen LogP contribution in [0, 0.1) is 0 Å². The largest absolute Gasteiger partial charge is 0.469 e. The normalized spacial score (nSPS) is 11.7. The molecule has 0 amide bonds. The number of methoxy groups -OCH3 is 1. The van der Waals surface area contributed by atoms with Gasteiger partial charge in [-0.1, -0.05) is 20.8 Å². The van der Waals surface area contributed by atoms with E-state index in [9.17, 15) is 4.79 Å². The maximum Gasteiger partial charge on any atom is 0.305 e. The molecular formula is C18H25N3O2. The summed E-state index contributed by atoms with van der Waals surface area (Å²) >= 11 is 0. The Bertz CT molecular complexity index is 678. The summed E-state index contributed by atoms with van der Waals surface area (Å²) in [5.74, 6) is -0.165. The highest BCUT2D eigenvalue weighted by Crippen LogP contribution is 2.26. The molecule has 1 N–H and O–H groups in total. The second-order valence-corrected chi connectivity index (χ2v) is 6.68. The summed E-state index contributed by atoms with van der Waals surface area (Å²) in [6.45, 7) is 7.95. The molecule has 23 heavy (non-hydrogen) atoms. The molecule has 2 heterocycles. The van der Waals surface area contributed by atoms with Crippen molar-refractivity contribution in [2.75, 3.05) is 13.7 Å². The first-order chi connectivity index (χ1) is 10.9. The van der Waals surface area contributed by atoms with E-state index in [1.54, 1.807) is 0 Å². The Balaban J connectivity index is 2.00. The van der Waals surface area contributed by atoms with Crippen LogP contribution in [0.5, 0.6) is 0 Å². The standard InChI is InChI=1S/C18H25N3O2/c1-18(2,3)17-16-14(7-9-20-17)10-13(12-21-16)11-19-8-5-6-15(22)23-4/h7,9-10,12,19H,5-6,8,11H2,1-4H3. The summed E-state index contributed by atoms with van der Waals surface area (Å²) in [6, 6.07) is 4.14. The maximum absolute atomic E-state index is 11.0. The number of nitrogens with zero attached hydrogens (tertiary/aromatic N) is 2. The van der Waals surface area contributed by atoms with E-state index in [1.165, 1.54) is 7.11 Å². The summed E-state index contributed by atoms with van der Waals surface area (Å²) in [6.07, 6.45) is 4.95. The van der Waals surface area contributed by atoms with Gasteiger partial charge in [0.2, 0.25) is 0 Å². The fourth-order valence-corrected chi connectivity index (χ4v) is 2.44. The van der Waals surface area contributed by atoms with Gasteiger partial charge < -0.3 is 10.1 Å². The number of pyridine rings is 2. The Morgan fingerprint density at radius 3 is 2.78 bits per heavy atom. The van der Waals surface area contributed by atoms with Gasteiger partial charge in [0, 0.05) is 36.2 Å². The first-order valence-corrected chi connectivity index (χ1v) is 7.93. The molecule has 2 rings (SSSR count). The summed E-state index contributed by atoms with van der Waals surface area (Å²) in [5.41, 5.74) is 3.09. The van der Waals surface area contributed by atoms with Crippen molar-refractivity contribution < 1.29 is 9.53 Å². The zero-order valence-electron chi connectivity index (χ0n) is 14.3. The quantitative estimate of drug-likeness (QED) is 0.656. The summed E-state index contributed by atoms with van der Waals surface area (Å²) in [5, 5.41) is 4.44. The molecule has 0 bridgehead atoms. The van der Waals surface area contributed by atoms with Crippen LogP contribution in [0.4, 0.5) is 0 Å². The molecule has 0 saturated heterocycles. The molecule has 0 spiro atoms. The van der Waals surface area contributed by atoms with E-state index in [-0.39, 0.29) is 11.4 Å². The van der Waals surface area contributed by atoms with Gasteiger partial charge >= 0.3 is 5.97 Å². The Labute approximate surface area is 137 Å². The smallest absolute Gasteiger partial charge is 0.305 e. The number of hydrogen-bond donors (Lipinski definition) is 1. The predicted octanol–water partition coefficient (Wildman–Crippen LogP) is 2.97. The summed E-state index contributed by atoms with van der Waals surface area (Å²) < 4.78 is 4.62. The monoisotopic (exact) mass is 315 g/mol. The molecule has 0 aliphatic rings. The van der Waals surface area contributed by atoms with Crippen molar-refractivity contribution in [1.29, 1.82) is 0 Å². The molecule has 124 valence electrons. The third-order valence-electron chi connectivity index (χ3n) is 3.66. The highest BCUT2D eigenvalue weighted by molar-refractivity contribution is 5.81. The molecule has 0 fully saturated rings. The van der Waals surface area contributed by atoms with Crippen LogP contribution in [0.3, 0.4) is 0 Å². The number of fused-ring (bicyclic) bond motifs is 1. The highest BCUT2D eigenvalue weighted by Gasteiger charge is 2.19. The molecule has 2 aromatic rings. The van der Waals surface area contributed by atoms with Gasteiger partial charge in [-0.05, 0) is 30.7 Å². The molecule has 5 heteroatoms. The van der Waals surface area contributed by atoms with Crippen LogP contribution in [-0.4, -0.2) is 29.6 Å². The van der Waals surface area contributed by atoms with Crippen LogP contribution >= 0.6 is 0 Å². The number of carbonyl (C=O) groups is 1. The molecule has 2 aromatic heterocycles. The van der Waals surface area contributed by atoms with Gasteiger partial charge in [-0.25, -0.2) is 0 Å². The Kier molecular flexibility index (Phi) is 5.66. The minimum absolute atomic E-state index is 0.0276. The molecule has 0 aromatic carbocycles. The van der Waals surface area contributed by atoms with E-state index < -0.39 is 0 Å². The van der Waals surface area contributed by atoms with Crippen LogP contribution in [0.15, 0.2) is 24.5 Å². The van der Waals surface area contributed by atoms with Gasteiger partial charge in [-0.3, -0.25) is 14.8 Å². The second-order valence-electron chi connectivity index (χ2n) is 6.68. The van der Waals surface area contributed by atoms with Crippen LogP contribution < -0.4 is 5.32 Å². The van der Waals surface area contributed by atoms with Crippen molar-refractivity contribution >= 4 is 16.9 Å². The lowest BCUT2D eigenvalue weighted by Gasteiger charge is -2.19. The Morgan fingerprint density at radius 1 is 1.30 bits per heavy atom. The zero-order valence-corrected chi connectivity index (χ0v) is 14.3. The average Bonchev–Trinajstić information content (AvgIpc) is 2.52. The van der Waals surface area contributed by atoms with Gasteiger partial charge in [0.1, 0.15) is 0 Å². The third kappa shape index (κ3) is 4.73. The van der Waals surface area contributed by atoms with Gasteiger partial charge in [0.25, 0.3) is 0 Å². The van der Waals surface area contributed by atoms with E-state index in [4.69, 9.17) is 0 Å². The van der Waals surface area contributed by atoms with E-state index >= 15 is 0 Å². The van der Waals surface area contributed by atoms with Crippen molar-refractivity contribution in [1.82, 2.24) is 15.3 Å². The number of carbonyl (C=O) groups excluding carboxylic acids is 1. The first kappa shape index (κ1) is 17.3. The highest BCUT2D eigenvalue weighted by atomic mass is 16.5. The molecule has 0 radical (unpaired) electrons. The lowest BCUT2D eigenvalue weighted by molar-refractivity contribution is -0.140. The fourth-order valence-electron chi connectivity index (χ4n) is 2.44. The SMILES string of the molecule is COC(=O)CCCNCc1cnc2c(C(C)(C)C)nccc2c1. The van der Waals surface area contributed by atoms with Gasteiger partial charge in [0.05, 0.1) is 18.3 Å². The van der Waals surface area contributed by atoms with Gasteiger partial charge in [-0.2, -0.15) is 0 Å². The van der Waals surface area contributed by atoms with Crippen molar-refractivity contribution in [3.63, 3.8) is 0 Å². The Morgan fingerprint density at radius 2 is 2.09 bits per heavy atom. The van der Waals surface area contributed by atoms with Crippen molar-refractivity contribution in [2.45, 2.75) is 45.6 Å². The van der Waals surface area contributed by atoms with Crippen LogP contribution in [0.2, 0.25) is 0 Å². The van der Waals surface area contributed by atoms with Crippen LogP contribution in [0.25, 0.3) is 10.9 Å². The number of aromatic nitrogens is 2. The lowest BCUT2D eigenvalue weighted by Crippen LogP contribution is -2.17. The molecule has 0 aliphatic heterocycles. The predicted molar refractivity (Wildman–Crippen MR) is 91.2 cm³/mol. The van der Waals surface area contributed by atoms with Gasteiger partial charge in [-0.15, -0.1) is 0 Å². The topological polar surface area (TPSA) is 64.1 Å². The van der Waals surface area contributed by atoms with Crippen molar-refractivity contribution in [2.24, 2.45) is 0 Å². The average molecular weight is 315 g/mol. The summed E-state index contributed by atoms with van der Waals surface area (Å²) in [7, 11) is 1.41. The van der Waals surface area contributed by atoms with Crippen LogP contribution in [-0.2, 0) is 21.5 Å². The van der Waals surface area contributed by atoms with E-state index in [0.29, 0.717) is 6.42 Å². The minimum Gasteiger partial charge on any atom is -0.469 e. The minimum atomic E-state index is -0.165. The van der Waals surface area contributed by atoms with Crippen molar-refractivity contribution in [3.8, 4) is 0 Å². The molecule has 0 aliphatic carbocycles. The first-order valence-electron chi connectivity index (χ1n) is 7.93. The molecular weight excluding hydrogens is 290 g/mol. The van der Waals surface area contributed by atoms with E-state index in [1.807, 2.05) is 18.5 Å². The zero-order chi connectivity index (χ0) is 16.9. The van der Waals surface area contributed by atoms with Crippen LogP contribution in [0.1, 0.15) is 44.9 Å². The second kappa shape index (κ2) is 7.51. The summed E-state index contributed by atoms with van der Waals surface area (Å²) in [4.78, 5) is 20.1. The fraction of sp³-hybridized carbons (Fsp3) is 0.500. The van der Waals surface area contributed by atoms with Crippen molar-refractivity contribution in [3.05, 3.63) is 35.8 Å². The number of hydrogen-bond acceptors (Lipinski definition) is 5. The molecule has 0 saturated carbocycles. The number of rotatable bonds is 6. The number of esters is 1. The molecule has 0 unspecified atom stereocenters. The van der Waals surface area contributed by atoms with E-state index in [2.05, 4.69) is 46.9 Å². The third-order valence-corrected chi connectivity index (χ3v) is 3.66. The molecule has 5 nitrogen and oxygen atoms in total. The Hall–Kier alpha value is -2.01. The lowest BCUT2D eigenvalue weighted by atomic mass is 9.90. The van der Waals surface area contributed by atoms with E-state index in [0.717, 1.165) is 41.7 Å². The maximum atomic E-state index is 11.0. The number of ether oxygens (including phenoxy) is 1. The number of nitrogens with one attached hydrogen (secondary N) is 1. The molecule has 0 atom stereocenters.